The lowest BCUT2D eigenvalue weighted by Gasteiger charge is -2.29. The topological polar surface area (TPSA) is 55.6 Å². The third-order valence-electron chi connectivity index (χ3n) is 2.95. The van der Waals surface area contributed by atoms with E-state index in [1.54, 1.807) is 4.90 Å². The Hall–Kier alpha value is -0.770. The highest BCUT2D eigenvalue weighted by molar-refractivity contribution is 5.68. The quantitative estimate of drug-likeness (QED) is 0.800. The molecule has 0 aromatic rings. The van der Waals surface area contributed by atoms with Gasteiger partial charge < -0.3 is 15.4 Å². The van der Waals surface area contributed by atoms with Gasteiger partial charge >= 0.3 is 6.09 Å². The van der Waals surface area contributed by atoms with Crippen LogP contribution in [-0.4, -0.2) is 36.2 Å². The van der Waals surface area contributed by atoms with Gasteiger partial charge in [-0.25, -0.2) is 4.79 Å². The molecular formula is C12H24N2O2. The van der Waals surface area contributed by atoms with Crippen LogP contribution in [-0.2, 0) is 4.74 Å². The molecule has 1 aliphatic rings. The van der Waals surface area contributed by atoms with Crippen LogP contribution in [0.1, 0.15) is 40.5 Å². The zero-order chi connectivity index (χ0) is 12.4. The minimum absolute atomic E-state index is 0.174. The van der Waals surface area contributed by atoms with Gasteiger partial charge in [-0.05, 0) is 47.1 Å². The molecule has 1 aliphatic carbocycles. The second-order valence-corrected chi connectivity index (χ2v) is 5.70. The Morgan fingerprint density at radius 3 is 2.31 bits per heavy atom. The number of nitrogens with two attached hydrogens (primary N) is 1. The van der Waals surface area contributed by atoms with Gasteiger partial charge in [-0.1, -0.05) is 0 Å². The van der Waals surface area contributed by atoms with Crippen molar-refractivity contribution in [3.63, 3.8) is 0 Å². The van der Waals surface area contributed by atoms with Crippen LogP contribution in [0.15, 0.2) is 0 Å². The number of ether oxygens (including phenoxy) is 1. The maximum atomic E-state index is 11.9. The molecule has 1 rings (SSSR count). The molecule has 0 heterocycles. The van der Waals surface area contributed by atoms with Gasteiger partial charge in [0.05, 0.1) is 0 Å². The van der Waals surface area contributed by atoms with Gasteiger partial charge in [0.25, 0.3) is 0 Å². The number of hydrogen-bond donors (Lipinski definition) is 1. The fourth-order valence-electron chi connectivity index (χ4n) is 1.64. The summed E-state index contributed by atoms with van der Waals surface area (Å²) in [4.78, 5) is 13.6. The van der Waals surface area contributed by atoms with Crippen LogP contribution >= 0.6 is 0 Å². The van der Waals surface area contributed by atoms with Crippen LogP contribution in [0, 0.1) is 5.41 Å². The monoisotopic (exact) mass is 228 g/mol. The van der Waals surface area contributed by atoms with Gasteiger partial charge in [-0.3, -0.25) is 0 Å². The highest BCUT2D eigenvalue weighted by Gasteiger charge is 2.43. The lowest BCUT2D eigenvalue weighted by atomic mass is 10.1. The minimum Gasteiger partial charge on any atom is -0.444 e. The summed E-state index contributed by atoms with van der Waals surface area (Å²) in [6, 6.07) is 0. The molecule has 0 spiro atoms. The molecule has 16 heavy (non-hydrogen) atoms. The second-order valence-electron chi connectivity index (χ2n) is 5.70. The highest BCUT2D eigenvalue weighted by atomic mass is 16.6. The van der Waals surface area contributed by atoms with E-state index in [2.05, 4.69) is 0 Å². The van der Waals surface area contributed by atoms with E-state index in [1.165, 1.54) is 0 Å². The Balaban J connectivity index is 2.51. The maximum Gasteiger partial charge on any atom is 0.410 e. The Kier molecular flexibility index (Phi) is 3.84. The minimum atomic E-state index is -0.427. The Labute approximate surface area is 98.1 Å². The zero-order valence-electron chi connectivity index (χ0n) is 10.9. The smallest absolute Gasteiger partial charge is 0.410 e. The van der Waals surface area contributed by atoms with Crippen LogP contribution in [0.3, 0.4) is 0 Å². The van der Waals surface area contributed by atoms with Gasteiger partial charge in [0.1, 0.15) is 5.60 Å². The molecule has 0 unspecified atom stereocenters. The van der Waals surface area contributed by atoms with Gasteiger partial charge in [-0.15, -0.1) is 0 Å². The van der Waals surface area contributed by atoms with Crippen molar-refractivity contribution in [2.45, 2.75) is 46.1 Å². The van der Waals surface area contributed by atoms with Crippen LogP contribution < -0.4 is 5.73 Å². The largest absolute Gasteiger partial charge is 0.444 e. The summed E-state index contributed by atoms with van der Waals surface area (Å²) in [6.45, 7) is 9.69. The summed E-state index contributed by atoms with van der Waals surface area (Å²) in [5.74, 6) is 0. The average Bonchev–Trinajstić information content (AvgIpc) is 2.92. The predicted octanol–water partition coefficient (Wildman–Crippen LogP) is 1.98. The summed E-state index contributed by atoms with van der Waals surface area (Å²) in [5, 5.41) is 0. The van der Waals surface area contributed by atoms with Crippen molar-refractivity contribution in [3.05, 3.63) is 0 Å². The van der Waals surface area contributed by atoms with Crippen LogP contribution in [0.25, 0.3) is 0 Å². The van der Waals surface area contributed by atoms with Crippen LogP contribution in [0.4, 0.5) is 4.79 Å². The Morgan fingerprint density at radius 1 is 1.44 bits per heavy atom. The first kappa shape index (κ1) is 13.3. The fraction of sp³-hybridized carbons (Fsp3) is 0.917. The average molecular weight is 228 g/mol. The van der Waals surface area contributed by atoms with Crippen molar-refractivity contribution in [1.82, 2.24) is 4.90 Å². The third-order valence-corrected chi connectivity index (χ3v) is 2.95. The number of carbonyl (C=O) groups excluding carboxylic acids is 1. The summed E-state index contributed by atoms with van der Waals surface area (Å²) >= 11 is 0. The second kappa shape index (κ2) is 4.62. The molecule has 0 radical (unpaired) electrons. The maximum absolute atomic E-state index is 11.9. The zero-order valence-corrected chi connectivity index (χ0v) is 10.9. The summed E-state index contributed by atoms with van der Waals surface area (Å²) in [5.41, 5.74) is 5.47. The molecule has 0 aromatic carbocycles. The van der Waals surface area contributed by atoms with Crippen molar-refractivity contribution >= 4 is 6.09 Å². The molecule has 4 nitrogen and oxygen atoms in total. The molecule has 0 aliphatic heterocycles. The highest BCUT2D eigenvalue weighted by Crippen LogP contribution is 2.45. The molecular weight excluding hydrogens is 204 g/mol. The van der Waals surface area contributed by atoms with E-state index in [0.717, 1.165) is 19.4 Å². The molecule has 0 bridgehead atoms. The van der Waals surface area contributed by atoms with E-state index in [4.69, 9.17) is 10.5 Å². The molecule has 94 valence electrons. The molecule has 0 aromatic heterocycles. The fourth-order valence-corrected chi connectivity index (χ4v) is 1.64. The number of hydrogen-bond acceptors (Lipinski definition) is 3. The number of rotatable bonds is 4. The van der Waals surface area contributed by atoms with Crippen molar-refractivity contribution < 1.29 is 9.53 Å². The predicted molar refractivity (Wildman–Crippen MR) is 64.2 cm³/mol. The van der Waals surface area contributed by atoms with Crippen LogP contribution in [0.2, 0.25) is 0 Å². The van der Waals surface area contributed by atoms with E-state index in [-0.39, 0.29) is 11.5 Å². The van der Waals surface area contributed by atoms with Gasteiger partial charge in [0.15, 0.2) is 0 Å². The molecule has 0 saturated heterocycles. The van der Waals surface area contributed by atoms with E-state index < -0.39 is 5.60 Å². The third kappa shape index (κ3) is 3.67. The first-order chi connectivity index (χ1) is 7.32. The summed E-state index contributed by atoms with van der Waals surface area (Å²) < 4.78 is 5.36. The van der Waals surface area contributed by atoms with E-state index in [9.17, 15) is 4.79 Å². The van der Waals surface area contributed by atoms with Crippen molar-refractivity contribution in [2.75, 3.05) is 19.6 Å². The lowest BCUT2D eigenvalue weighted by molar-refractivity contribution is 0.0224. The molecule has 1 saturated carbocycles. The van der Waals surface area contributed by atoms with Gasteiger partial charge in [-0.2, -0.15) is 0 Å². The normalized spacial score (nSPS) is 18.1. The molecule has 0 atom stereocenters. The van der Waals surface area contributed by atoms with E-state index in [1.807, 2.05) is 27.7 Å². The Bertz CT molecular complexity index is 254. The van der Waals surface area contributed by atoms with E-state index in [0.29, 0.717) is 13.1 Å². The van der Waals surface area contributed by atoms with E-state index >= 15 is 0 Å². The number of carbonyl (C=O) groups is 1. The standard InChI is InChI=1S/C12H24N2O2/c1-5-14(9-12(8-13)6-7-12)10(15)16-11(2,3)4/h5-9,13H2,1-4H3. The lowest BCUT2D eigenvalue weighted by Crippen LogP contribution is -2.41. The molecule has 2 N–H and O–H groups in total. The van der Waals surface area contributed by atoms with Gasteiger partial charge in [0.2, 0.25) is 0 Å². The van der Waals surface area contributed by atoms with Crippen molar-refractivity contribution in [3.8, 4) is 0 Å². The molecule has 4 heteroatoms. The number of nitrogens with zero attached hydrogens (tertiary/aromatic N) is 1. The number of amides is 1. The van der Waals surface area contributed by atoms with Crippen LogP contribution in [0.5, 0.6) is 0 Å². The first-order valence-electron chi connectivity index (χ1n) is 6.00. The molecule has 1 amide bonds. The SMILES string of the molecule is CCN(CC1(CN)CC1)C(=O)OC(C)(C)C. The Morgan fingerprint density at radius 2 is 2.00 bits per heavy atom. The van der Waals surface area contributed by atoms with Crippen molar-refractivity contribution in [2.24, 2.45) is 11.1 Å². The summed E-state index contributed by atoms with van der Waals surface area (Å²) in [7, 11) is 0. The first-order valence-corrected chi connectivity index (χ1v) is 6.00. The van der Waals surface area contributed by atoms with Crippen molar-refractivity contribution in [1.29, 1.82) is 0 Å². The summed E-state index contributed by atoms with van der Waals surface area (Å²) in [6.07, 6.45) is 2.03. The van der Waals surface area contributed by atoms with Gasteiger partial charge in [0, 0.05) is 18.5 Å². The molecule has 1 fully saturated rings.